The molecule has 0 aromatic heterocycles. The van der Waals surface area contributed by atoms with Gasteiger partial charge in [0.05, 0.1) is 4.92 Å². The first-order valence-electron chi connectivity index (χ1n) is 6.39. The highest BCUT2D eigenvalue weighted by molar-refractivity contribution is 5.39. The normalized spacial score (nSPS) is 12.1. The molecule has 2 aromatic rings. The number of rotatable bonds is 5. The van der Waals surface area contributed by atoms with E-state index in [0.29, 0.717) is 11.1 Å². The summed E-state index contributed by atoms with van der Waals surface area (Å²) < 4.78 is 26.5. The maximum absolute atomic E-state index is 13.6. The summed E-state index contributed by atoms with van der Waals surface area (Å²) in [6.07, 6.45) is 0. The Labute approximate surface area is 120 Å². The van der Waals surface area contributed by atoms with E-state index in [1.165, 1.54) is 18.2 Å². The number of nitrogens with zero attached hydrogens (tertiary/aromatic N) is 1. The second-order valence-corrected chi connectivity index (χ2v) is 4.65. The zero-order valence-electron chi connectivity index (χ0n) is 11.3. The Morgan fingerprint density at radius 1 is 1.24 bits per heavy atom. The average molecular weight is 292 g/mol. The summed E-state index contributed by atoms with van der Waals surface area (Å²) in [6, 6.07) is 9.31. The summed E-state index contributed by atoms with van der Waals surface area (Å²) in [7, 11) is 0. The van der Waals surface area contributed by atoms with Gasteiger partial charge in [0.25, 0.3) is 5.69 Å². The first-order chi connectivity index (χ1) is 9.99. The van der Waals surface area contributed by atoms with E-state index in [2.05, 4.69) is 5.32 Å². The number of hydrogen-bond acceptors (Lipinski definition) is 3. The van der Waals surface area contributed by atoms with Crippen LogP contribution in [0.5, 0.6) is 0 Å². The predicted molar refractivity (Wildman–Crippen MR) is 74.7 cm³/mol. The molecule has 6 heteroatoms. The van der Waals surface area contributed by atoms with Crippen molar-refractivity contribution in [2.24, 2.45) is 0 Å². The Bertz CT molecular complexity index is 662. The molecule has 0 fully saturated rings. The summed E-state index contributed by atoms with van der Waals surface area (Å²) >= 11 is 0. The monoisotopic (exact) mass is 292 g/mol. The second-order valence-electron chi connectivity index (χ2n) is 4.65. The van der Waals surface area contributed by atoms with E-state index in [0.717, 1.165) is 6.07 Å². The largest absolute Gasteiger partial charge is 0.306 e. The van der Waals surface area contributed by atoms with Crippen LogP contribution in [0.4, 0.5) is 14.5 Å². The zero-order valence-corrected chi connectivity index (χ0v) is 11.3. The van der Waals surface area contributed by atoms with Gasteiger partial charge in [0.15, 0.2) is 0 Å². The van der Waals surface area contributed by atoms with Crippen molar-refractivity contribution in [1.29, 1.82) is 0 Å². The maximum atomic E-state index is 13.6. The summed E-state index contributed by atoms with van der Waals surface area (Å²) in [6.45, 7) is 1.93. The average Bonchev–Trinajstić information content (AvgIpc) is 2.45. The van der Waals surface area contributed by atoms with Crippen LogP contribution in [0.25, 0.3) is 0 Å². The summed E-state index contributed by atoms with van der Waals surface area (Å²) in [5.74, 6) is -1.28. The Morgan fingerprint density at radius 3 is 2.62 bits per heavy atom. The van der Waals surface area contributed by atoms with Gasteiger partial charge in [0.2, 0.25) is 0 Å². The van der Waals surface area contributed by atoms with E-state index < -0.39 is 22.6 Å². The number of benzene rings is 2. The molecule has 1 atom stereocenters. The Kier molecular flexibility index (Phi) is 4.59. The summed E-state index contributed by atoms with van der Waals surface area (Å²) in [4.78, 5) is 10.4. The first-order valence-corrected chi connectivity index (χ1v) is 6.39. The molecule has 1 unspecified atom stereocenters. The van der Waals surface area contributed by atoms with Crippen LogP contribution in [-0.4, -0.2) is 4.92 Å². The van der Waals surface area contributed by atoms with Crippen molar-refractivity contribution in [3.8, 4) is 0 Å². The molecule has 0 saturated heterocycles. The van der Waals surface area contributed by atoms with Crippen molar-refractivity contribution in [2.45, 2.75) is 19.5 Å². The molecule has 0 heterocycles. The van der Waals surface area contributed by atoms with E-state index in [4.69, 9.17) is 0 Å². The topological polar surface area (TPSA) is 55.2 Å². The molecular weight excluding hydrogens is 278 g/mol. The SMILES string of the molecule is CC(NCc1ccccc1[N+](=O)[O-])c1ccc(F)cc1F. The third-order valence-corrected chi connectivity index (χ3v) is 3.22. The minimum Gasteiger partial charge on any atom is -0.306 e. The fourth-order valence-corrected chi connectivity index (χ4v) is 2.06. The molecule has 21 heavy (non-hydrogen) atoms. The van der Waals surface area contributed by atoms with Gasteiger partial charge < -0.3 is 5.32 Å². The third kappa shape index (κ3) is 3.61. The molecule has 4 nitrogen and oxygen atoms in total. The van der Waals surface area contributed by atoms with E-state index in [9.17, 15) is 18.9 Å². The predicted octanol–water partition coefficient (Wildman–Crippen LogP) is 3.72. The zero-order chi connectivity index (χ0) is 15.4. The van der Waals surface area contributed by atoms with Gasteiger partial charge in [-0.2, -0.15) is 0 Å². The molecule has 0 amide bonds. The van der Waals surface area contributed by atoms with E-state index in [-0.39, 0.29) is 12.2 Å². The maximum Gasteiger partial charge on any atom is 0.273 e. The molecular formula is C15H14F2N2O2. The van der Waals surface area contributed by atoms with Crippen LogP contribution in [-0.2, 0) is 6.54 Å². The molecule has 2 aromatic carbocycles. The van der Waals surface area contributed by atoms with Gasteiger partial charge in [-0.1, -0.05) is 24.3 Å². The van der Waals surface area contributed by atoms with E-state index in [1.807, 2.05) is 0 Å². The minimum absolute atomic E-state index is 0.0109. The number of para-hydroxylation sites is 1. The van der Waals surface area contributed by atoms with Crippen molar-refractivity contribution in [3.63, 3.8) is 0 Å². The van der Waals surface area contributed by atoms with Crippen molar-refractivity contribution in [2.75, 3.05) is 0 Å². The highest BCUT2D eigenvalue weighted by Crippen LogP contribution is 2.21. The van der Waals surface area contributed by atoms with Gasteiger partial charge in [0.1, 0.15) is 11.6 Å². The lowest BCUT2D eigenvalue weighted by Gasteiger charge is -2.15. The summed E-state index contributed by atoms with van der Waals surface area (Å²) in [5.41, 5.74) is 0.837. The lowest BCUT2D eigenvalue weighted by molar-refractivity contribution is -0.385. The molecule has 0 bridgehead atoms. The van der Waals surface area contributed by atoms with Gasteiger partial charge in [-0.3, -0.25) is 10.1 Å². The van der Waals surface area contributed by atoms with Crippen LogP contribution in [0, 0.1) is 21.7 Å². The number of halogens is 2. The Balaban J connectivity index is 2.11. The van der Waals surface area contributed by atoms with Crippen LogP contribution in [0.2, 0.25) is 0 Å². The third-order valence-electron chi connectivity index (χ3n) is 3.22. The van der Waals surface area contributed by atoms with Crippen LogP contribution >= 0.6 is 0 Å². The van der Waals surface area contributed by atoms with E-state index >= 15 is 0 Å². The van der Waals surface area contributed by atoms with Crippen molar-refractivity contribution in [1.82, 2.24) is 5.32 Å². The number of hydrogen-bond donors (Lipinski definition) is 1. The lowest BCUT2D eigenvalue weighted by Crippen LogP contribution is -2.19. The van der Waals surface area contributed by atoms with Crippen LogP contribution < -0.4 is 5.32 Å². The molecule has 0 aliphatic carbocycles. The van der Waals surface area contributed by atoms with Gasteiger partial charge in [-0.25, -0.2) is 8.78 Å². The molecule has 0 spiro atoms. The van der Waals surface area contributed by atoms with Gasteiger partial charge in [-0.05, 0) is 13.0 Å². The Hall–Kier alpha value is -2.34. The quantitative estimate of drug-likeness (QED) is 0.675. The van der Waals surface area contributed by atoms with E-state index in [1.54, 1.807) is 25.1 Å². The van der Waals surface area contributed by atoms with Crippen LogP contribution in [0.1, 0.15) is 24.1 Å². The number of nitrogens with one attached hydrogen (secondary N) is 1. The van der Waals surface area contributed by atoms with Crippen molar-refractivity contribution < 1.29 is 13.7 Å². The second kappa shape index (κ2) is 6.41. The molecule has 110 valence electrons. The highest BCUT2D eigenvalue weighted by atomic mass is 19.1. The minimum atomic E-state index is -0.641. The molecule has 1 N–H and O–H groups in total. The fraction of sp³-hybridized carbons (Fsp3) is 0.200. The molecule has 2 rings (SSSR count). The smallest absolute Gasteiger partial charge is 0.273 e. The number of nitro benzene ring substituents is 1. The van der Waals surface area contributed by atoms with Crippen molar-refractivity contribution >= 4 is 5.69 Å². The van der Waals surface area contributed by atoms with Gasteiger partial charge >= 0.3 is 0 Å². The molecule has 0 saturated carbocycles. The van der Waals surface area contributed by atoms with Gasteiger partial charge in [-0.15, -0.1) is 0 Å². The van der Waals surface area contributed by atoms with Crippen molar-refractivity contribution in [3.05, 3.63) is 75.3 Å². The molecule has 0 aliphatic heterocycles. The molecule has 0 aliphatic rings. The highest BCUT2D eigenvalue weighted by Gasteiger charge is 2.15. The number of nitro groups is 1. The molecule has 0 radical (unpaired) electrons. The lowest BCUT2D eigenvalue weighted by atomic mass is 10.1. The standard InChI is InChI=1S/C15H14F2N2O2/c1-10(13-7-6-12(16)8-14(13)17)18-9-11-4-2-3-5-15(11)19(20)21/h2-8,10,18H,9H2,1H3. The van der Waals surface area contributed by atoms with Crippen LogP contribution in [0.3, 0.4) is 0 Å². The van der Waals surface area contributed by atoms with Crippen LogP contribution in [0.15, 0.2) is 42.5 Å². The first kappa shape index (κ1) is 15.1. The fourth-order valence-electron chi connectivity index (χ4n) is 2.06. The van der Waals surface area contributed by atoms with Gasteiger partial charge in [0, 0.05) is 35.8 Å². The summed E-state index contributed by atoms with van der Waals surface area (Å²) in [5, 5.41) is 13.9. The Morgan fingerprint density at radius 2 is 1.95 bits per heavy atom.